The van der Waals surface area contributed by atoms with Gasteiger partial charge in [0.2, 0.25) is 0 Å². The van der Waals surface area contributed by atoms with E-state index in [0.29, 0.717) is 0 Å². The topological polar surface area (TPSA) is 44.9 Å². The number of rotatable bonds is 0. The van der Waals surface area contributed by atoms with Crippen molar-refractivity contribution in [2.24, 2.45) is 10.9 Å². The Morgan fingerprint density at radius 3 is 2.83 bits per heavy atom. The summed E-state index contributed by atoms with van der Waals surface area (Å²) in [5, 5.41) is 5.65. The maximum atomic E-state index is 5.71. The van der Waals surface area contributed by atoms with Crippen molar-refractivity contribution in [1.82, 2.24) is 10.0 Å². The Morgan fingerprint density at radius 2 is 2.17 bits per heavy atom. The third-order valence-corrected chi connectivity index (χ3v) is 2.20. The minimum atomic E-state index is -0.253. The molecule has 2 N–H and O–H groups in total. The van der Waals surface area contributed by atoms with Gasteiger partial charge in [-0.15, -0.1) is 5.10 Å². The molecule has 0 spiro atoms. The molecule has 2 aliphatic heterocycles. The second kappa shape index (κ2) is 2.10. The van der Waals surface area contributed by atoms with E-state index >= 15 is 0 Å². The highest BCUT2D eigenvalue weighted by Crippen LogP contribution is 2.26. The van der Waals surface area contributed by atoms with Crippen LogP contribution in [0.15, 0.2) is 29.5 Å². The molecule has 0 atom stereocenters. The lowest BCUT2D eigenvalue weighted by Gasteiger charge is -2.34. The van der Waals surface area contributed by atoms with E-state index in [1.54, 1.807) is 0 Å². The monoisotopic (exact) mass is 164 g/mol. The zero-order valence-electron chi connectivity index (χ0n) is 7.23. The van der Waals surface area contributed by atoms with Gasteiger partial charge in [0.15, 0.2) is 5.84 Å². The zero-order valence-corrected chi connectivity index (χ0v) is 7.23. The van der Waals surface area contributed by atoms with E-state index in [1.807, 2.05) is 43.2 Å². The molecule has 0 aromatic rings. The van der Waals surface area contributed by atoms with Crippen LogP contribution in [0, 0.1) is 0 Å². The van der Waals surface area contributed by atoms with E-state index in [4.69, 9.17) is 5.84 Å². The Bertz CT molecular complexity index is 287. The van der Waals surface area contributed by atoms with E-state index in [9.17, 15) is 0 Å². The highest BCUT2D eigenvalue weighted by molar-refractivity contribution is 5.96. The molecule has 0 aromatic carbocycles. The fourth-order valence-electron chi connectivity index (χ4n) is 1.32. The van der Waals surface area contributed by atoms with Gasteiger partial charge in [-0.2, -0.15) is 0 Å². The van der Waals surface area contributed by atoms with Gasteiger partial charge in [0.05, 0.1) is 0 Å². The summed E-state index contributed by atoms with van der Waals surface area (Å²) in [6.45, 7) is 4.04. The van der Waals surface area contributed by atoms with Gasteiger partial charge in [0, 0.05) is 6.20 Å². The van der Waals surface area contributed by atoms with Crippen molar-refractivity contribution in [3.05, 3.63) is 24.4 Å². The number of amidine groups is 1. The number of nitrogens with zero attached hydrogens (tertiary/aromatic N) is 3. The van der Waals surface area contributed by atoms with Gasteiger partial charge in [-0.3, -0.25) is 0 Å². The SMILES string of the molecule is CC1(C)N(N)N=C2C=CC=CN21. The molecule has 0 saturated heterocycles. The highest BCUT2D eigenvalue weighted by Gasteiger charge is 2.38. The lowest BCUT2D eigenvalue weighted by atomic mass is 10.2. The zero-order chi connectivity index (χ0) is 8.77. The average molecular weight is 164 g/mol. The van der Waals surface area contributed by atoms with Crippen molar-refractivity contribution in [2.75, 3.05) is 0 Å². The molecule has 4 nitrogen and oxygen atoms in total. The Labute approximate surface area is 71.6 Å². The smallest absolute Gasteiger partial charge is 0.156 e. The minimum absolute atomic E-state index is 0.253. The molecule has 0 fully saturated rings. The van der Waals surface area contributed by atoms with Crippen molar-refractivity contribution in [2.45, 2.75) is 19.5 Å². The number of hydrazine groups is 1. The molecular weight excluding hydrogens is 152 g/mol. The Kier molecular flexibility index (Phi) is 1.29. The highest BCUT2D eigenvalue weighted by atomic mass is 15.8. The maximum absolute atomic E-state index is 5.71. The summed E-state index contributed by atoms with van der Waals surface area (Å²) < 4.78 is 0. The van der Waals surface area contributed by atoms with E-state index in [-0.39, 0.29) is 5.66 Å². The van der Waals surface area contributed by atoms with Gasteiger partial charge < -0.3 is 4.90 Å². The summed E-state index contributed by atoms with van der Waals surface area (Å²) in [4.78, 5) is 2.03. The van der Waals surface area contributed by atoms with Gasteiger partial charge in [0.1, 0.15) is 5.66 Å². The maximum Gasteiger partial charge on any atom is 0.156 e. The first-order valence-electron chi connectivity index (χ1n) is 3.90. The van der Waals surface area contributed by atoms with Crippen LogP contribution in [0.25, 0.3) is 0 Å². The van der Waals surface area contributed by atoms with Crippen LogP contribution in [0.2, 0.25) is 0 Å². The van der Waals surface area contributed by atoms with Crippen LogP contribution in [-0.4, -0.2) is 21.5 Å². The van der Waals surface area contributed by atoms with Gasteiger partial charge in [-0.25, -0.2) is 11.0 Å². The molecule has 0 aliphatic carbocycles. The summed E-state index contributed by atoms with van der Waals surface area (Å²) in [7, 11) is 0. The Hall–Kier alpha value is -1.29. The fraction of sp³-hybridized carbons (Fsp3) is 0.375. The largest absolute Gasteiger partial charge is 0.305 e. The Morgan fingerprint density at radius 1 is 1.42 bits per heavy atom. The summed E-state index contributed by atoms with van der Waals surface area (Å²) in [6.07, 6.45) is 7.84. The predicted molar refractivity (Wildman–Crippen MR) is 47.7 cm³/mol. The summed E-state index contributed by atoms with van der Waals surface area (Å²) in [6, 6.07) is 0. The van der Waals surface area contributed by atoms with Crippen LogP contribution in [0.1, 0.15) is 13.8 Å². The van der Waals surface area contributed by atoms with Crippen LogP contribution >= 0.6 is 0 Å². The molecule has 0 radical (unpaired) electrons. The number of hydrazone groups is 1. The molecule has 2 heterocycles. The molecule has 0 amide bonds. The lowest BCUT2D eigenvalue weighted by Crippen LogP contribution is -2.51. The standard InChI is InChI=1S/C8H12N4/c1-8(2)11-6-4-3-5-7(11)10-12(8)9/h3-6H,9H2,1-2H3. The molecule has 0 aromatic heterocycles. The lowest BCUT2D eigenvalue weighted by molar-refractivity contribution is 0.0705. The number of allylic oxidation sites excluding steroid dienone is 2. The van der Waals surface area contributed by atoms with Crippen molar-refractivity contribution in [3.8, 4) is 0 Å². The summed E-state index contributed by atoms with van der Waals surface area (Å²) >= 11 is 0. The third kappa shape index (κ3) is 0.783. The molecule has 0 unspecified atom stereocenters. The predicted octanol–water partition coefficient (Wildman–Crippen LogP) is 0.611. The first kappa shape index (κ1) is 7.36. The van der Waals surface area contributed by atoms with Crippen LogP contribution in [0.3, 0.4) is 0 Å². The molecule has 0 saturated carbocycles. The number of nitrogens with two attached hydrogens (primary N) is 1. The van der Waals surface area contributed by atoms with Crippen LogP contribution < -0.4 is 5.84 Å². The van der Waals surface area contributed by atoms with Crippen LogP contribution in [-0.2, 0) is 0 Å². The van der Waals surface area contributed by atoms with Gasteiger partial charge in [-0.1, -0.05) is 6.08 Å². The van der Waals surface area contributed by atoms with E-state index < -0.39 is 0 Å². The van der Waals surface area contributed by atoms with Crippen LogP contribution in [0.5, 0.6) is 0 Å². The molecule has 0 bridgehead atoms. The molecule has 2 aliphatic rings. The van der Waals surface area contributed by atoms with E-state index in [1.165, 1.54) is 5.12 Å². The fourth-order valence-corrected chi connectivity index (χ4v) is 1.32. The number of fused-ring (bicyclic) bond motifs is 1. The average Bonchev–Trinajstić information content (AvgIpc) is 2.25. The molecule has 2 rings (SSSR count). The van der Waals surface area contributed by atoms with Crippen molar-refractivity contribution >= 4 is 5.84 Å². The first-order chi connectivity index (χ1) is 5.62. The number of hydrogen-bond donors (Lipinski definition) is 1. The molecule has 4 heteroatoms. The van der Waals surface area contributed by atoms with Crippen molar-refractivity contribution in [1.29, 1.82) is 0 Å². The van der Waals surface area contributed by atoms with Gasteiger partial charge in [0.25, 0.3) is 0 Å². The quantitative estimate of drug-likeness (QED) is 0.533. The van der Waals surface area contributed by atoms with E-state index in [2.05, 4.69) is 5.10 Å². The normalized spacial score (nSPS) is 24.4. The van der Waals surface area contributed by atoms with E-state index in [0.717, 1.165) is 5.84 Å². The molecule has 12 heavy (non-hydrogen) atoms. The van der Waals surface area contributed by atoms with Crippen molar-refractivity contribution in [3.63, 3.8) is 0 Å². The number of hydrogen-bond acceptors (Lipinski definition) is 4. The minimum Gasteiger partial charge on any atom is -0.305 e. The first-order valence-corrected chi connectivity index (χ1v) is 3.90. The van der Waals surface area contributed by atoms with Crippen molar-refractivity contribution < 1.29 is 0 Å². The van der Waals surface area contributed by atoms with Gasteiger partial charge >= 0.3 is 0 Å². The third-order valence-electron chi connectivity index (χ3n) is 2.20. The molecular formula is C8H12N4. The molecule has 64 valence electrons. The summed E-state index contributed by atoms with van der Waals surface area (Å²) in [5.41, 5.74) is -0.253. The second-order valence-electron chi connectivity index (χ2n) is 3.37. The van der Waals surface area contributed by atoms with Gasteiger partial charge in [-0.05, 0) is 26.0 Å². The summed E-state index contributed by atoms with van der Waals surface area (Å²) in [5.74, 6) is 6.60. The Balaban J connectivity index is 2.40. The van der Waals surface area contributed by atoms with Crippen LogP contribution in [0.4, 0.5) is 0 Å². The second-order valence-corrected chi connectivity index (χ2v) is 3.37.